The normalized spacial score (nSPS) is 19.2. The standard InChI is InChI=1S/C12H16IN3O2/c1-14-8-10-3-2-6-15(10)12-5-4-9(16(17)18)7-11(12)13/h4-5,7,10,14H,2-3,6,8H2,1H3. The SMILES string of the molecule is CNCC1CCCN1c1ccc([N+](=O)[O-])cc1I. The maximum Gasteiger partial charge on any atom is 0.270 e. The van der Waals surface area contributed by atoms with E-state index >= 15 is 0 Å². The number of rotatable bonds is 4. The van der Waals surface area contributed by atoms with E-state index in [1.54, 1.807) is 12.1 Å². The minimum absolute atomic E-state index is 0.160. The van der Waals surface area contributed by atoms with Crippen LogP contribution in [-0.4, -0.2) is 31.1 Å². The molecule has 0 bridgehead atoms. The molecular formula is C12H16IN3O2. The monoisotopic (exact) mass is 361 g/mol. The van der Waals surface area contributed by atoms with Crippen LogP contribution in [-0.2, 0) is 0 Å². The summed E-state index contributed by atoms with van der Waals surface area (Å²) in [5, 5.41) is 13.9. The van der Waals surface area contributed by atoms with Crippen molar-refractivity contribution in [2.75, 3.05) is 25.0 Å². The molecule has 0 aromatic heterocycles. The average Bonchev–Trinajstić information content (AvgIpc) is 2.77. The lowest BCUT2D eigenvalue weighted by molar-refractivity contribution is -0.384. The Morgan fingerprint density at radius 2 is 2.39 bits per heavy atom. The number of nitro benzene ring substituents is 1. The van der Waals surface area contributed by atoms with Crippen LogP contribution in [0.15, 0.2) is 18.2 Å². The summed E-state index contributed by atoms with van der Waals surface area (Å²) in [5.74, 6) is 0. The number of nitrogens with one attached hydrogen (secondary N) is 1. The molecule has 5 nitrogen and oxygen atoms in total. The predicted octanol–water partition coefficient (Wildman–Crippen LogP) is 2.39. The molecule has 0 spiro atoms. The van der Waals surface area contributed by atoms with Crippen molar-refractivity contribution in [3.05, 3.63) is 31.9 Å². The molecule has 18 heavy (non-hydrogen) atoms. The number of hydrogen-bond acceptors (Lipinski definition) is 4. The van der Waals surface area contributed by atoms with E-state index in [2.05, 4.69) is 32.8 Å². The van der Waals surface area contributed by atoms with Crippen LogP contribution >= 0.6 is 22.6 Å². The molecule has 6 heteroatoms. The van der Waals surface area contributed by atoms with Gasteiger partial charge in [-0.25, -0.2) is 0 Å². The van der Waals surface area contributed by atoms with Crippen molar-refractivity contribution in [3.8, 4) is 0 Å². The molecule has 1 unspecified atom stereocenters. The van der Waals surface area contributed by atoms with Gasteiger partial charge in [0.15, 0.2) is 0 Å². The number of nitrogens with zero attached hydrogens (tertiary/aromatic N) is 2. The van der Waals surface area contributed by atoms with Gasteiger partial charge in [-0.1, -0.05) is 0 Å². The first-order valence-electron chi connectivity index (χ1n) is 5.98. The topological polar surface area (TPSA) is 58.4 Å². The van der Waals surface area contributed by atoms with Gasteiger partial charge in [0.25, 0.3) is 5.69 Å². The van der Waals surface area contributed by atoms with Crippen LogP contribution in [0.3, 0.4) is 0 Å². The molecule has 2 rings (SSSR count). The summed E-state index contributed by atoms with van der Waals surface area (Å²) in [5.41, 5.74) is 1.27. The molecule has 1 saturated heterocycles. The lowest BCUT2D eigenvalue weighted by atomic mass is 10.2. The first-order chi connectivity index (χ1) is 8.63. The van der Waals surface area contributed by atoms with Gasteiger partial charge in [0, 0.05) is 34.8 Å². The lowest BCUT2D eigenvalue weighted by Crippen LogP contribution is -2.37. The molecule has 0 saturated carbocycles. The van der Waals surface area contributed by atoms with Gasteiger partial charge >= 0.3 is 0 Å². The molecule has 1 aromatic rings. The third-order valence-corrected chi connectivity index (χ3v) is 4.13. The number of hydrogen-bond donors (Lipinski definition) is 1. The van der Waals surface area contributed by atoms with Gasteiger partial charge in [0.05, 0.1) is 10.6 Å². The minimum atomic E-state index is -0.346. The van der Waals surface area contributed by atoms with Crippen LogP contribution in [0.1, 0.15) is 12.8 Å². The third kappa shape index (κ3) is 2.74. The van der Waals surface area contributed by atoms with Gasteiger partial charge in [-0.2, -0.15) is 0 Å². The van der Waals surface area contributed by atoms with Crippen molar-refractivity contribution in [2.24, 2.45) is 0 Å². The van der Waals surface area contributed by atoms with E-state index in [1.807, 2.05) is 13.1 Å². The van der Waals surface area contributed by atoms with E-state index in [0.29, 0.717) is 6.04 Å². The summed E-state index contributed by atoms with van der Waals surface area (Å²) in [6, 6.07) is 5.59. The molecule has 1 heterocycles. The van der Waals surface area contributed by atoms with Crippen LogP contribution in [0.5, 0.6) is 0 Å². The highest BCUT2D eigenvalue weighted by molar-refractivity contribution is 14.1. The molecule has 1 aliphatic heterocycles. The highest BCUT2D eigenvalue weighted by Crippen LogP contribution is 2.31. The highest BCUT2D eigenvalue weighted by Gasteiger charge is 2.26. The number of halogens is 1. The second-order valence-electron chi connectivity index (χ2n) is 4.44. The van der Waals surface area contributed by atoms with Crippen molar-refractivity contribution in [1.29, 1.82) is 0 Å². The summed E-state index contributed by atoms with van der Waals surface area (Å²) < 4.78 is 0.949. The Bertz CT molecular complexity index is 453. The van der Waals surface area contributed by atoms with Crippen LogP contribution in [0, 0.1) is 13.7 Å². The van der Waals surface area contributed by atoms with Crippen molar-refractivity contribution >= 4 is 34.0 Å². The van der Waals surface area contributed by atoms with Gasteiger partial charge < -0.3 is 10.2 Å². The van der Waals surface area contributed by atoms with Crippen LogP contribution in [0.2, 0.25) is 0 Å². The zero-order valence-electron chi connectivity index (χ0n) is 10.2. The zero-order chi connectivity index (χ0) is 13.1. The van der Waals surface area contributed by atoms with E-state index in [4.69, 9.17) is 0 Å². The maximum absolute atomic E-state index is 10.7. The fourth-order valence-corrected chi connectivity index (χ4v) is 3.25. The van der Waals surface area contributed by atoms with Crippen molar-refractivity contribution in [3.63, 3.8) is 0 Å². The van der Waals surface area contributed by atoms with Gasteiger partial charge in [-0.05, 0) is 48.5 Å². The van der Waals surface area contributed by atoms with Crippen molar-refractivity contribution < 1.29 is 4.92 Å². The van der Waals surface area contributed by atoms with E-state index in [1.165, 1.54) is 12.8 Å². The number of nitro groups is 1. The Morgan fingerprint density at radius 3 is 3.00 bits per heavy atom. The molecule has 0 radical (unpaired) electrons. The Kier molecular flexibility index (Phi) is 4.39. The van der Waals surface area contributed by atoms with E-state index in [0.717, 1.165) is 22.3 Å². The first-order valence-corrected chi connectivity index (χ1v) is 7.06. The van der Waals surface area contributed by atoms with E-state index < -0.39 is 0 Å². The second-order valence-corrected chi connectivity index (χ2v) is 5.60. The number of benzene rings is 1. The molecule has 1 N–H and O–H groups in total. The molecule has 0 amide bonds. The van der Waals surface area contributed by atoms with Crippen molar-refractivity contribution in [2.45, 2.75) is 18.9 Å². The van der Waals surface area contributed by atoms with Crippen molar-refractivity contribution in [1.82, 2.24) is 5.32 Å². The summed E-state index contributed by atoms with van der Waals surface area (Å²) in [6.45, 7) is 1.98. The molecule has 1 aromatic carbocycles. The van der Waals surface area contributed by atoms with Crippen LogP contribution in [0.25, 0.3) is 0 Å². The molecule has 1 aliphatic rings. The van der Waals surface area contributed by atoms with Crippen LogP contribution < -0.4 is 10.2 Å². The Balaban J connectivity index is 2.25. The minimum Gasteiger partial charge on any atom is -0.366 e. The Hall–Kier alpha value is -0.890. The second kappa shape index (κ2) is 5.83. The molecule has 1 atom stereocenters. The smallest absolute Gasteiger partial charge is 0.270 e. The predicted molar refractivity (Wildman–Crippen MR) is 80.1 cm³/mol. The largest absolute Gasteiger partial charge is 0.366 e. The highest BCUT2D eigenvalue weighted by atomic mass is 127. The fraction of sp³-hybridized carbons (Fsp3) is 0.500. The van der Waals surface area contributed by atoms with E-state index in [9.17, 15) is 10.1 Å². The quantitative estimate of drug-likeness (QED) is 0.508. The van der Waals surface area contributed by atoms with Gasteiger partial charge in [-0.3, -0.25) is 10.1 Å². The fourth-order valence-electron chi connectivity index (χ4n) is 2.44. The van der Waals surface area contributed by atoms with E-state index in [-0.39, 0.29) is 10.6 Å². The third-order valence-electron chi connectivity index (χ3n) is 3.27. The zero-order valence-corrected chi connectivity index (χ0v) is 12.4. The van der Waals surface area contributed by atoms with Gasteiger partial charge in [0.2, 0.25) is 0 Å². The number of anilines is 1. The summed E-state index contributed by atoms with van der Waals surface area (Å²) in [7, 11) is 1.96. The summed E-state index contributed by atoms with van der Waals surface area (Å²) in [6.07, 6.45) is 2.35. The van der Waals surface area contributed by atoms with Gasteiger partial charge in [0.1, 0.15) is 0 Å². The molecule has 98 valence electrons. The Morgan fingerprint density at radius 1 is 1.61 bits per heavy atom. The first kappa shape index (κ1) is 13.5. The summed E-state index contributed by atoms with van der Waals surface area (Å²) in [4.78, 5) is 12.7. The maximum atomic E-state index is 10.7. The molecular weight excluding hydrogens is 345 g/mol. The lowest BCUT2D eigenvalue weighted by Gasteiger charge is -2.27. The number of likely N-dealkylation sites (N-methyl/N-ethyl adjacent to an activating group) is 1. The number of non-ortho nitro benzene ring substituents is 1. The average molecular weight is 361 g/mol. The van der Waals surface area contributed by atoms with Crippen LogP contribution in [0.4, 0.5) is 11.4 Å². The van der Waals surface area contributed by atoms with Gasteiger partial charge in [-0.15, -0.1) is 0 Å². The molecule has 0 aliphatic carbocycles. The molecule has 1 fully saturated rings. The summed E-state index contributed by atoms with van der Waals surface area (Å²) >= 11 is 2.18. The Labute approximate surface area is 120 Å².